The number of anilines is 1. The maximum absolute atomic E-state index is 12.7. The zero-order valence-electron chi connectivity index (χ0n) is 15.4. The van der Waals surface area contributed by atoms with Crippen molar-refractivity contribution in [2.45, 2.75) is 31.8 Å². The Morgan fingerprint density at radius 3 is 2.48 bits per heavy atom. The molecular formula is C20H21N5OS. The number of nitrogens with zero attached hydrogens (tertiary/aromatic N) is 4. The number of aromatic nitrogens is 1. The molecule has 0 aliphatic carbocycles. The number of pyridine rings is 1. The number of carbonyl (C=O) groups is 1. The van der Waals surface area contributed by atoms with Crippen LogP contribution in [-0.2, 0) is 11.3 Å². The van der Waals surface area contributed by atoms with Gasteiger partial charge in [-0.1, -0.05) is 48.5 Å². The smallest absolute Gasteiger partial charge is 0.233 e. The minimum Gasteiger partial charge on any atom is -0.383 e. The fourth-order valence-electron chi connectivity index (χ4n) is 2.49. The average Bonchev–Trinajstić information content (AvgIpc) is 2.67. The summed E-state index contributed by atoms with van der Waals surface area (Å²) in [7, 11) is 0. The average molecular weight is 379 g/mol. The van der Waals surface area contributed by atoms with Gasteiger partial charge in [0.25, 0.3) is 0 Å². The van der Waals surface area contributed by atoms with Gasteiger partial charge in [-0.25, -0.2) is 4.98 Å². The van der Waals surface area contributed by atoms with Crippen LogP contribution in [0.15, 0.2) is 35.4 Å². The van der Waals surface area contributed by atoms with Crippen LogP contribution in [0.1, 0.15) is 35.6 Å². The molecule has 7 heteroatoms. The Morgan fingerprint density at radius 1 is 1.22 bits per heavy atom. The summed E-state index contributed by atoms with van der Waals surface area (Å²) in [6.45, 7) is 5.25. The lowest BCUT2D eigenvalue weighted by Gasteiger charge is -2.22. The van der Waals surface area contributed by atoms with E-state index in [9.17, 15) is 10.1 Å². The van der Waals surface area contributed by atoms with Crippen molar-refractivity contribution in [1.82, 2.24) is 9.88 Å². The number of hydrogen-bond acceptors (Lipinski definition) is 6. The van der Waals surface area contributed by atoms with Crippen LogP contribution in [0.2, 0.25) is 0 Å². The SMILES string of the molecule is CCCN(Cc1ccc(C)cc1)C(=O)CSc1nc(N)c(C#N)cc1C#N. The van der Waals surface area contributed by atoms with Gasteiger partial charge in [0.1, 0.15) is 23.0 Å². The number of aryl methyl sites for hydroxylation is 1. The first-order chi connectivity index (χ1) is 13.0. The Morgan fingerprint density at radius 2 is 1.89 bits per heavy atom. The highest BCUT2D eigenvalue weighted by atomic mass is 32.2. The van der Waals surface area contributed by atoms with Crippen LogP contribution >= 0.6 is 11.8 Å². The Balaban J connectivity index is 2.10. The molecular weight excluding hydrogens is 358 g/mol. The molecule has 1 heterocycles. The molecule has 0 atom stereocenters. The third-order valence-electron chi connectivity index (χ3n) is 3.93. The first-order valence-corrected chi connectivity index (χ1v) is 9.53. The molecule has 1 aromatic carbocycles. The molecule has 138 valence electrons. The molecule has 0 radical (unpaired) electrons. The van der Waals surface area contributed by atoms with Gasteiger partial charge >= 0.3 is 0 Å². The molecule has 1 aromatic heterocycles. The summed E-state index contributed by atoms with van der Waals surface area (Å²) in [6, 6.07) is 13.4. The summed E-state index contributed by atoms with van der Waals surface area (Å²) in [4.78, 5) is 18.6. The van der Waals surface area contributed by atoms with Gasteiger partial charge < -0.3 is 10.6 Å². The lowest BCUT2D eigenvalue weighted by molar-refractivity contribution is -0.129. The molecule has 2 aromatic rings. The van der Waals surface area contributed by atoms with E-state index in [0.717, 1.165) is 12.0 Å². The second-order valence-corrected chi connectivity index (χ2v) is 7.05. The third kappa shape index (κ3) is 5.47. The standard InChI is InChI=1S/C20H21N5OS/c1-3-8-25(12-15-6-4-14(2)5-7-15)18(26)13-27-20-17(11-22)9-16(10-21)19(23)24-20/h4-7,9H,3,8,12-13H2,1-2H3,(H2,23,24). The van der Waals surface area contributed by atoms with Gasteiger partial charge in [0.2, 0.25) is 5.91 Å². The number of carbonyl (C=O) groups excluding carboxylic acids is 1. The normalized spacial score (nSPS) is 10.1. The number of rotatable bonds is 7. The molecule has 0 fully saturated rings. The van der Waals surface area contributed by atoms with Crippen molar-refractivity contribution in [2.24, 2.45) is 0 Å². The maximum atomic E-state index is 12.7. The molecule has 0 aliphatic heterocycles. The van der Waals surface area contributed by atoms with Crippen molar-refractivity contribution in [3.05, 3.63) is 52.6 Å². The van der Waals surface area contributed by atoms with Gasteiger partial charge in [0.15, 0.2) is 0 Å². The van der Waals surface area contributed by atoms with Crippen molar-refractivity contribution in [3.8, 4) is 12.1 Å². The van der Waals surface area contributed by atoms with Gasteiger partial charge in [-0.3, -0.25) is 4.79 Å². The number of thioether (sulfide) groups is 1. The predicted molar refractivity (Wildman–Crippen MR) is 106 cm³/mol. The van der Waals surface area contributed by atoms with E-state index in [2.05, 4.69) is 4.98 Å². The van der Waals surface area contributed by atoms with Crippen molar-refractivity contribution in [1.29, 1.82) is 10.5 Å². The second kappa shape index (κ2) is 9.61. The summed E-state index contributed by atoms with van der Waals surface area (Å²) >= 11 is 1.17. The van der Waals surface area contributed by atoms with Crippen LogP contribution in [-0.4, -0.2) is 28.1 Å². The zero-order chi connectivity index (χ0) is 19.8. The van der Waals surface area contributed by atoms with E-state index in [0.29, 0.717) is 18.1 Å². The second-order valence-electron chi connectivity index (χ2n) is 6.09. The van der Waals surface area contributed by atoms with Crippen molar-refractivity contribution < 1.29 is 4.79 Å². The minimum absolute atomic E-state index is 0.0314. The number of nitrogens with two attached hydrogens (primary N) is 1. The lowest BCUT2D eigenvalue weighted by Crippen LogP contribution is -2.32. The first-order valence-electron chi connectivity index (χ1n) is 8.55. The van der Waals surface area contributed by atoms with Crippen molar-refractivity contribution in [3.63, 3.8) is 0 Å². The van der Waals surface area contributed by atoms with Gasteiger partial charge in [0.05, 0.1) is 16.9 Å². The van der Waals surface area contributed by atoms with Crippen molar-refractivity contribution >= 4 is 23.5 Å². The third-order valence-corrected chi connectivity index (χ3v) is 4.91. The van der Waals surface area contributed by atoms with Crippen LogP contribution in [0.25, 0.3) is 0 Å². The van der Waals surface area contributed by atoms with Crippen LogP contribution in [0.3, 0.4) is 0 Å². The van der Waals surface area contributed by atoms with Crippen LogP contribution in [0, 0.1) is 29.6 Å². The Kier molecular flexibility index (Phi) is 7.22. The van der Waals surface area contributed by atoms with Crippen LogP contribution in [0.5, 0.6) is 0 Å². The Hall–Kier alpha value is -3.03. The fourth-order valence-corrected chi connectivity index (χ4v) is 3.35. The zero-order valence-corrected chi connectivity index (χ0v) is 16.2. The van der Waals surface area contributed by atoms with E-state index in [1.807, 2.05) is 50.3 Å². The van der Waals surface area contributed by atoms with E-state index < -0.39 is 0 Å². The highest BCUT2D eigenvalue weighted by Crippen LogP contribution is 2.24. The van der Waals surface area contributed by atoms with E-state index in [1.54, 1.807) is 4.90 Å². The highest BCUT2D eigenvalue weighted by molar-refractivity contribution is 8.00. The number of hydrogen-bond donors (Lipinski definition) is 1. The minimum atomic E-state index is -0.0314. The van der Waals surface area contributed by atoms with Crippen molar-refractivity contribution in [2.75, 3.05) is 18.0 Å². The lowest BCUT2D eigenvalue weighted by atomic mass is 10.1. The first kappa shape index (κ1) is 20.3. The molecule has 6 nitrogen and oxygen atoms in total. The molecule has 0 unspecified atom stereocenters. The summed E-state index contributed by atoms with van der Waals surface area (Å²) < 4.78 is 0. The summed E-state index contributed by atoms with van der Waals surface area (Å²) in [6.07, 6.45) is 0.855. The van der Waals surface area contributed by atoms with Gasteiger partial charge in [-0.15, -0.1) is 0 Å². The number of nitriles is 2. The molecule has 0 bridgehead atoms. The Labute approximate surface area is 163 Å². The number of amides is 1. The Bertz CT molecular complexity index is 896. The van der Waals surface area contributed by atoms with Crippen LogP contribution < -0.4 is 5.73 Å². The van der Waals surface area contributed by atoms with E-state index in [1.165, 1.54) is 23.4 Å². The fraction of sp³-hybridized carbons (Fsp3) is 0.300. The largest absolute Gasteiger partial charge is 0.383 e. The molecule has 0 saturated heterocycles. The van der Waals surface area contributed by atoms with E-state index in [4.69, 9.17) is 11.0 Å². The predicted octanol–water partition coefficient (Wildman–Crippen LogP) is 3.25. The molecule has 0 aliphatic rings. The van der Waals surface area contributed by atoms with Crippen LogP contribution in [0.4, 0.5) is 5.82 Å². The molecule has 2 N–H and O–H groups in total. The van der Waals surface area contributed by atoms with Gasteiger partial charge in [-0.2, -0.15) is 10.5 Å². The van der Waals surface area contributed by atoms with E-state index in [-0.39, 0.29) is 28.6 Å². The summed E-state index contributed by atoms with van der Waals surface area (Å²) in [5.41, 5.74) is 8.39. The van der Waals surface area contributed by atoms with E-state index >= 15 is 0 Å². The molecule has 2 rings (SSSR count). The number of nitrogen functional groups attached to an aromatic ring is 1. The summed E-state index contributed by atoms with van der Waals surface area (Å²) in [5.74, 6) is 0.186. The van der Waals surface area contributed by atoms with Gasteiger partial charge in [0, 0.05) is 13.1 Å². The maximum Gasteiger partial charge on any atom is 0.233 e. The quantitative estimate of drug-likeness (QED) is 0.740. The van der Waals surface area contributed by atoms with Gasteiger partial charge in [-0.05, 0) is 25.0 Å². The monoisotopic (exact) mass is 379 g/mol. The summed E-state index contributed by atoms with van der Waals surface area (Å²) in [5, 5.41) is 18.6. The molecule has 27 heavy (non-hydrogen) atoms. The molecule has 0 saturated carbocycles. The number of benzene rings is 1. The topological polar surface area (TPSA) is 107 Å². The molecule has 0 spiro atoms. The molecule has 1 amide bonds. The highest BCUT2D eigenvalue weighted by Gasteiger charge is 2.16.